The zero-order valence-corrected chi connectivity index (χ0v) is 12.3. The van der Waals surface area contributed by atoms with Crippen LogP contribution in [0.25, 0.3) is 0 Å². The number of hydrogen-bond acceptors (Lipinski definition) is 3. The molecule has 0 saturated carbocycles. The number of anilines is 1. The molecule has 0 fully saturated rings. The molecule has 0 saturated heterocycles. The highest BCUT2D eigenvalue weighted by atomic mass is 16.6. The van der Waals surface area contributed by atoms with Gasteiger partial charge in [-0.05, 0) is 30.5 Å². The first-order chi connectivity index (χ1) is 10.5. The molecule has 1 aliphatic rings. The highest BCUT2D eigenvalue weighted by Gasteiger charge is 2.26. The number of nitrogens with zero attached hydrogens (tertiary/aromatic N) is 2. The average Bonchev–Trinajstić information content (AvgIpc) is 2.92. The molecule has 2 aromatic rings. The van der Waals surface area contributed by atoms with Crippen molar-refractivity contribution in [1.29, 1.82) is 0 Å². The summed E-state index contributed by atoms with van der Waals surface area (Å²) >= 11 is 0. The SMILES string of the molecule is Cc1ccc(CC(=O)N2CCc3cc([N+](=O)[O-])ccc32)cc1. The van der Waals surface area contributed by atoms with Gasteiger partial charge in [0.1, 0.15) is 0 Å². The van der Waals surface area contributed by atoms with E-state index in [1.165, 1.54) is 6.07 Å². The van der Waals surface area contributed by atoms with Crippen LogP contribution in [0.5, 0.6) is 0 Å². The Kier molecular flexibility index (Phi) is 3.63. The van der Waals surface area contributed by atoms with Crippen LogP contribution in [-0.4, -0.2) is 17.4 Å². The average molecular weight is 296 g/mol. The maximum atomic E-state index is 12.5. The Hall–Kier alpha value is -2.69. The zero-order chi connectivity index (χ0) is 15.7. The zero-order valence-electron chi connectivity index (χ0n) is 12.3. The van der Waals surface area contributed by atoms with Crippen molar-refractivity contribution in [3.63, 3.8) is 0 Å². The summed E-state index contributed by atoms with van der Waals surface area (Å²) in [6.07, 6.45) is 1.01. The molecular formula is C17H16N2O3. The number of benzene rings is 2. The van der Waals surface area contributed by atoms with Gasteiger partial charge in [-0.15, -0.1) is 0 Å². The van der Waals surface area contributed by atoms with Gasteiger partial charge in [-0.2, -0.15) is 0 Å². The van der Waals surface area contributed by atoms with Crippen LogP contribution in [0.2, 0.25) is 0 Å². The van der Waals surface area contributed by atoms with E-state index in [0.29, 0.717) is 19.4 Å². The van der Waals surface area contributed by atoms with Gasteiger partial charge < -0.3 is 4.90 Å². The number of carbonyl (C=O) groups excluding carboxylic acids is 1. The van der Waals surface area contributed by atoms with Crippen LogP contribution >= 0.6 is 0 Å². The summed E-state index contributed by atoms with van der Waals surface area (Å²) < 4.78 is 0. The molecule has 1 amide bonds. The fourth-order valence-electron chi connectivity index (χ4n) is 2.74. The summed E-state index contributed by atoms with van der Waals surface area (Å²) in [5.41, 5.74) is 3.88. The minimum absolute atomic E-state index is 0.0245. The van der Waals surface area contributed by atoms with Crippen molar-refractivity contribution in [1.82, 2.24) is 0 Å². The summed E-state index contributed by atoms with van der Waals surface area (Å²) in [7, 11) is 0. The third-order valence-corrected chi connectivity index (χ3v) is 3.95. The maximum Gasteiger partial charge on any atom is 0.269 e. The molecule has 0 radical (unpaired) electrons. The minimum atomic E-state index is -0.406. The highest BCUT2D eigenvalue weighted by Crippen LogP contribution is 2.31. The smallest absolute Gasteiger partial charge is 0.269 e. The molecule has 0 spiro atoms. The van der Waals surface area contributed by atoms with E-state index in [9.17, 15) is 14.9 Å². The number of amides is 1. The maximum absolute atomic E-state index is 12.5. The van der Waals surface area contributed by atoms with Crippen LogP contribution in [-0.2, 0) is 17.6 Å². The van der Waals surface area contributed by atoms with E-state index in [1.807, 2.05) is 31.2 Å². The predicted octanol–water partition coefficient (Wildman–Crippen LogP) is 3.04. The lowest BCUT2D eigenvalue weighted by molar-refractivity contribution is -0.384. The molecular weight excluding hydrogens is 280 g/mol. The van der Waals surface area contributed by atoms with E-state index < -0.39 is 4.92 Å². The number of nitro groups is 1. The number of non-ortho nitro benzene ring substituents is 1. The van der Waals surface area contributed by atoms with Crippen LogP contribution in [0.1, 0.15) is 16.7 Å². The van der Waals surface area contributed by atoms with Gasteiger partial charge in [0, 0.05) is 24.4 Å². The van der Waals surface area contributed by atoms with E-state index in [1.54, 1.807) is 17.0 Å². The van der Waals surface area contributed by atoms with Gasteiger partial charge in [-0.3, -0.25) is 14.9 Å². The van der Waals surface area contributed by atoms with Gasteiger partial charge in [0.25, 0.3) is 5.69 Å². The number of nitro benzene ring substituents is 1. The van der Waals surface area contributed by atoms with Crippen LogP contribution in [0.3, 0.4) is 0 Å². The molecule has 0 unspecified atom stereocenters. The summed E-state index contributed by atoms with van der Waals surface area (Å²) in [5, 5.41) is 10.8. The number of aryl methyl sites for hydroxylation is 1. The number of rotatable bonds is 3. The molecule has 0 aliphatic carbocycles. The standard InChI is InChI=1S/C17H16N2O3/c1-12-2-4-13(5-3-12)10-17(20)18-9-8-14-11-15(19(21)22)6-7-16(14)18/h2-7,11H,8-10H2,1H3. The van der Waals surface area contributed by atoms with Crippen LogP contribution < -0.4 is 4.90 Å². The van der Waals surface area contributed by atoms with Gasteiger partial charge in [0.2, 0.25) is 5.91 Å². The molecule has 0 bridgehead atoms. The molecule has 1 aliphatic heterocycles. The first-order valence-electron chi connectivity index (χ1n) is 7.18. The fraction of sp³-hybridized carbons (Fsp3) is 0.235. The van der Waals surface area contributed by atoms with E-state index in [2.05, 4.69) is 0 Å². The van der Waals surface area contributed by atoms with Crippen LogP contribution in [0.4, 0.5) is 11.4 Å². The van der Waals surface area contributed by atoms with E-state index in [0.717, 1.165) is 22.4 Å². The van der Waals surface area contributed by atoms with Gasteiger partial charge in [-0.1, -0.05) is 29.8 Å². The molecule has 0 N–H and O–H groups in total. The molecule has 5 nitrogen and oxygen atoms in total. The molecule has 1 heterocycles. The summed E-state index contributed by atoms with van der Waals surface area (Å²) in [5.74, 6) is 0.0245. The monoisotopic (exact) mass is 296 g/mol. The van der Waals surface area contributed by atoms with E-state index in [-0.39, 0.29) is 11.6 Å². The first kappa shape index (κ1) is 14.3. The van der Waals surface area contributed by atoms with Crippen molar-refractivity contribution < 1.29 is 9.72 Å². The van der Waals surface area contributed by atoms with Crippen molar-refractivity contribution in [3.05, 3.63) is 69.3 Å². The van der Waals surface area contributed by atoms with Gasteiger partial charge in [0.05, 0.1) is 11.3 Å². The van der Waals surface area contributed by atoms with Crippen molar-refractivity contribution >= 4 is 17.3 Å². The second kappa shape index (κ2) is 5.60. The second-order valence-electron chi connectivity index (χ2n) is 5.53. The first-order valence-corrected chi connectivity index (χ1v) is 7.18. The summed E-state index contributed by atoms with van der Waals surface area (Å²) in [6.45, 7) is 2.59. The molecule has 112 valence electrons. The quantitative estimate of drug-likeness (QED) is 0.646. The highest BCUT2D eigenvalue weighted by molar-refractivity contribution is 5.96. The van der Waals surface area contributed by atoms with Crippen LogP contribution in [0, 0.1) is 17.0 Å². The topological polar surface area (TPSA) is 63.5 Å². The molecule has 3 rings (SSSR count). The minimum Gasteiger partial charge on any atom is -0.312 e. The van der Waals surface area contributed by atoms with Gasteiger partial charge in [0.15, 0.2) is 0 Å². The van der Waals surface area contributed by atoms with Crippen molar-refractivity contribution in [2.45, 2.75) is 19.8 Å². The van der Waals surface area contributed by atoms with Crippen LogP contribution in [0.15, 0.2) is 42.5 Å². The molecule has 0 atom stereocenters. The lowest BCUT2D eigenvalue weighted by Crippen LogP contribution is -2.30. The van der Waals surface area contributed by atoms with Crippen molar-refractivity contribution in [2.75, 3.05) is 11.4 Å². The Morgan fingerprint density at radius 2 is 1.95 bits per heavy atom. The molecule has 2 aromatic carbocycles. The van der Waals surface area contributed by atoms with Gasteiger partial charge in [-0.25, -0.2) is 0 Å². The normalized spacial score (nSPS) is 13.0. The van der Waals surface area contributed by atoms with Gasteiger partial charge >= 0.3 is 0 Å². The Balaban J connectivity index is 1.79. The Morgan fingerprint density at radius 3 is 2.64 bits per heavy atom. The lowest BCUT2D eigenvalue weighted by Gasteiger charge is -2.17. The lowest BCUT2D eigenvalue weighted by atomic mass is 10.1. The second-order valence-corrected chi connectivity index (χ2v) is 5.53. The number of carbonyl (C=O) groups is 1. The van der Waals surface area contributed by atoms with E-state index >= 15 is 0 Å². The fourth-order valence-corrected chi connectivity index (χ4v) is 2.74. The molecule has 5 heteroatoms. The predicted molar refractivity (Wildman–Crippen MR) is 84.0 cm³/mol. The van der Waals surface area contributed by atoms with Crippen molar-refractivity contribution in [3.8, 4) is 0 Å². The largest absolute Gasteiger partial charge is 0.312 e. The molecule has 0 aromatic heterocycles. The third kappa shape index (κ3) is 2.70. The molecule has 22 heavy (non-hydrogen) atoms. The summed E-state index contributed by atoms with van der Waals surface area (Å²) in [6, 6.07) is 12.6. The Labute approximate surface area is 128 Å². The number of hydrogen-bond donors (Lipinski definition) is 0. The summed E-state index contributed by atoms with van der Waals surface area (Å²) in [4.78, 5) is 24.6. The number of fused-ring (bicyclic) bond motifs is 1. The van der Waals surface area contributed by atoms with E-state index in [4.69, 9.17) is 0 Å². The Bertz CT molecular complexity index is 738. The third-order valence-electron chi connectivity index (χ3n) is 3.95. The Morgan fingerprint density at radius 1 is 1.23 bits per heavy atom. The van der Waals surface area contributed by atoms with Crippen molar-refractivity contribution in [2.24, 2.45) is 0 Å².